The molecule has 0 bridgehead atoms. The fourth-order valence-corrected chi connectivity index (χ4v) is 17.6. The minimum Gasteiger partial charge on any atom is -0.870 e. The number of amides is 4. The molecule has 0 aromatic heterocycles. The summed E-state index contributed by atoms with van der Waals surface area (Å²) in [5.74, 6) is -2.29. The van der Waals surface area contributed by atoms with Crippen molar-refractivity contribution in [3.8, 4) is 0 Å². The number of aliphatic hydroxyl groups excluding tert-OH is 20. The number of nitrogens with zero attached hydrogens (tertiary/aromatic N) is 4. The number of carbonyl (C=O) groups is 6. The van der Waals surface area contributed by atoms with Gasteiger partial charge in [-0.1, -0.05) is 131 Å². The number of benzene rings is 4. The van der Waals surface area contributed by atoms with Crippen LogP contribution in [-0.2, 0) is 36.0 Å². The molecule has 0 aliphatic carbocycles. The SMILES string of the molecule is C.C.CC(C)CCN1C(=CC=CC=CC=CC2=[N+](CCCCCC(=O)O)c3ccc(C(=O)NCC(O)C(O)C(O)C(O)CO)cc3C2(C)C)C(C)(C)c2cc(C(=O)NCC(O)C(O)C(O)C(O)CO)ccc21.CCOC(=O)CCCCC[N+]1=C(C=CC=CC=CC=C2N(CCC(C)C)c3ccc(C(=O)NCC(O)C(O)C(O)C(O)CO)cc3C2(C)C)C(C)(C)c2cc(C(=O)NCC(O)C(O)C(O)C(O)CO)ccc21.[Na+].[OH-]. The van der Waals surface area contributed by atoms with Gasteiger partial charge in [-0.05, 0) is 169 Å². The van der Waals surface area contributed by atoms with Crippen LogP contribution in [0.2, 0.25) is 0 Å². The van der Waals surface area contributed by atoms with E-state index in [1.165, 1.54) is 0 Å². The van der Waals surface area contributed by atoms with Crippen molar-refractivity contribution < 1.29 is 185 Å². The Bertz CT molecular complexity index is 5220. The predicted molar refractivity (Wildman–Crippen MR) is 552 cm³/mol. The molecule has 808 valence electrons. The smallest absolute Gasteiger partial charge is 0.870 e. The number of carboxylic acid groups (broad SMARTS) is 1. The minimum atomic E-state index is -1.83. The predicted octanol–water partition coefficient (Wildman–Crippen LogP) is 1.45. The zero-order valence-corrected chi connectivity index (χ0v) is 87.2. The van der Waals surface area contributed by atoms with E-state index in [-0.39, 0.29) is 62.3 Å². The first-order valence-electron chi connectivity index (χ1n) is 48.7. The minimum absolute atomic E-state index is 0. The van der Waals surface area contributed by atoms with E-state index in [1.807, 2.05) is 123 Å². The van der Waals surface area contributed by atoms with E-state index in [1.54, 1.807) is 43.3 Å². The molecule has 8 rings (SSSR count). The van der Waals surface area contributed by atoms with Crippen molar-refractivity contribution in [3.05, 3.63) is 214 Å². The average molecular weight is 2060 g/mol. The summed E-state index contributed by atoms with van der Waals surface area (Å²) >= 11 is 0. The zero-order valence-electron chi connectivity index (χ0n) is 85.2. The number of nitrogens with one attached hydrogen (secondary N) is 4. The number of carboxylic acids is 1. The second-order valence-electron chi connectivity index (χ2n) is 39.4. The summed E-state index contributed by atoms with van der Waals surface area (Å²) in [4.78, 5) is 80.8. The number of unbranched alkanes of at least 4 members (excludes halogenated alkanes) is 4. The number of aliphatic hydroxyl groups is 20. The van der Waals surface area contributed by atoms with Crippen LogP contribution in [0.5, 0.6) is 0 Å². The molecular formula is C108H163N8NaO29+2. The van der Waals surface area contributed by atoms with Crippen molar-refractivity contribution >= 4 is 69.7 Å². The van der Waals surface area contributed by atoms with E-state index in [9.17, 15) is 110 Å². The van der Waals surface area contributed by atoms with E-state index in [0.717, 1.165) is 113 Å². The Hall–Kier alpha value is -9.28. The molecular weight excluding hydrogens is 1900 g/mol. The molecule has 0 saturated carbocycles. The molecule has 4 aromatic carbocycles. The number of fused-ring (bicyclic) bond motifs is 4. The Morgan fingerprint density at radius 1 is 0.370 bits per heavy atom. The van der Waals surface area contributed by atoms with Gasteiger partial charge in [-0.2, -0.15) is 9.15 Å². The quantitative estimate of drug-likeness (QED) is 0.00978. The van der Waals surface area contributed by atoms with Gasteiger partial charge >= 0.3 is 41.5 Å². The van der Waals surface area contributed by atoms with Gasteiger partial charge in [-0.15, -0.1) is 0 Å². The van der Waals surface area contributed by atoms with Gasteiger partial charge in [0.15, 0.2) is 11.4 Å². The fraction of sp³-hybridized carbons (Fsp3) is 0.556. The van der Waals surface area contributed by atoms with Crippen molar-refractivity contribution in [2.75, 3.05) is 95.2 Å². The first kappa shape index (κ1) is 131. The maximum absolute atomic E-state index is 13.3. The monoisotopic (exact) mass is 2060 g/mol. The molecule has 146 heavy (non-hydrogen) atoms. The van der Waals surface area contributed by atoms with Crippen molar-refractivity contribution in [1.29, 1.82) is 0 Å². The van der Waals surface area contributed by atoms with Gasteiger partial charge in [-0.3, -0.25) is 28.8 Å². The largest absolute Gasteiger partial charge is 1.00 e. The van der Waals surface area contributed by atoms with Crippen molar-refractivity contribution in [2.45, 2.75) is 288 Å². The fourth-order valence-electron chi connectivity index (χ4n) is 17.6. The molecule has 0 saturated heterocycles. The van der Waals surface area contributed by atoms with Gasteiger partial charge in [-0.25, -0.2) is 0 Å². The molecule has 16 unspecified atom stereocenters. The molecule has 37 nitrogen and oxygen atoms in total. The Balaban J connectivity index is 0.000000730. The molecule has 16 atom stereocenters. The third kappa shape index (κ3) is 34.6. The zero-order chi connectivity index (χ0) is 106. The Morgan fingerprint density at radius 3 is 0.932 bits per heavy atom. The number of hydrogen-bond donors (Lipinski definition) is 25. The number of carbonyl (C=O) groups excluding carboxylic acids is 5. The molecule has 4 aromatic rings. The molecule has 26 N–H and O–H groups in total. The molecule has 4 aliphatic heterocycles. The van der Waals surface area contributed by atoms with Gasteiger partial charge < -0.3 is 149 Å². The van der Waals surface area contributed by atoms with Gasteiger partial charge in [0.25, 0.3) is 23.6 Å². The van der Waals surface area contributed by atoms with E-state index in [0.29, 0.717) is 79.5 Å². The Morgan fingerprint density at radius 2 is 0.644 bits per heavy atom. The maximum atomic E-state index is 13.3. The van der Waals surface area contributed by atoms with Gasteiger partial charge in [0, 0.05) is 156 Å². The van der Waals surface area contributed by atoms with Crippen LogP contribution in [0.4, 0.5) is 22.7 Å². The normalized spacial score (nSPS) is 18.7. The van der Waals surface area contributed by atoms with Crippen molar-refractivity contribution in [3.63, 3.8) is 0 Å². The summed E-state index contributed by atoms with van der Waals surface area (Å²) in [5, 5.41) is 217. The van der Waals surface area contributed by atoms with Crippen LogP contribution in [-0.4, -0.2) is 352 Å². The van der Waals surface area contributed by atoms with Crippen LogP contribution < -0.4 is 60.6 Å². The number of allylic oxidation sites excluding steroid dienone is 16. The summed E-state index contributed by atoms with van der Waals surface area (Å²) in [7, 11) is 0. The summed E-state index contributed by atoms with van der Waals surface area (Å²) in [6, 6.07) is 21.4. The van der Waals surface area contributed by atoms with E-state index >= 15 is 0 Å². The number of hydrogen-bond acceptors (Lipinski definition) is 30. The van der Waals surface area contributed by atoms with E-state index in [2.05, 4.69) is 122 Å². The molecule has 0 spiro atoms. The topological polar surface area (TPSA) is 627 Å². The van der Waals surface area contributed by atoms with E-state index < -0.39 is 202 Å². The Kier molecular flexibility index (Phi) is 54.8. The van der Waals surface area contributed by atoms with Gasteiger partial charge in [0.05, 0.1) is 68.3 Å². The van der Waals surface area contributed by atoms with Gasteiger partial charge in [0.1, 0.15) is 86.3 Å². The molecule has 0 radical (unpaired) electrons. The van der Waals surface area contributed by atoms with Crippen LogP contribution in [0.15, 0.2) is 169 Å². The first-order chi connectivity index (χ1) is 67.0. The average Bonchev–Trinajstić information content (AvgIpc) is 1.60. The summed E-state index contributed by atoms with van der Waals surface area (Å²) in [6.45, 7) is 25.1. The third-order valence-corrected chi connectivity index (χ3v) is 26.4. The molecule has 4 aliphatic rings. The first-order valence-corrected chi connectivity index (χ1v) is 48.7. The Labute approximate surface area is 879 Å². The van der Waals surface area contributed by atoms with Crippen molar-refractivity contribution in [2.24, 2.45) is 11.8 Å². The number of anilines is 2. The van der Waals surface area contributed by atoms with Gasteiger partial charge in [0.2, 0.25) is 11.4 Å². The third-order valence-electron chi connectivity index (χ3n) is 26.4. The molecule has 0 fully saturated rings. The number of aliphatic carboxylic acids is 1. The number of ether oxygens (including phenoxy) is 1. The molecule has 38 heteroatoms. The summed E-state index contributed by atoms with van der Waals surface area (Å²) in [6.07, 6.45) is 6.27. The summed E-state index contributed by atoms with van der Waals surface area (Å²) in [5.41, 5.74) is 10.4. The second-order valence-corrected chi connectivity index (χ2v) is 39.4. The van der Waals surface area contributed by atoms with Crippen LogP contribution in [0.1, 0.15) is 233 Å². The van der Waals surface area contributed by atoms with Crippen LogP contribution in [0.3, 0.4) is 0 Å². The number of esters is 1. The molecule has 4 heterocycles. The van der Waals surface area contributed by atoms with Crippen molar-refractivity contribution in [1.82, 2.24) is 21.3 Å². The standard InChI is InChI=1S/C54H78N4O14.C52H74N4O14.2CH4.Na.H2O/c1-8-72-46(65)19-15-12-16-25-57-38-22-20-34(51(70)55-29-40(61)47(66)49(68)42(63)31-59)27-36(38)53(4,5)44(57)17-13-10-9-11-14-18-45-54(6,7)37-28-35(21-23-39(37)58(45)26-24-33(2)3)52(71)56-30-41(62)48(67)50(69)43(64)32-60;1-31(2)22-24-56-37-21-19-33(50(70)54-28-39(60)46(66)48(68)41(62)30-58)26-35(37)52(5,6)43(56)16-12-9-7-8-11-15-42-51(3,4)34-25-32(18-20-36(34)55(42)23-14-10-13-17-44(63)64)49(69)53-27-38(59)45(65)47(67)40(61)29-57;;;;/h9-11,13-14,17-18,20-23,27-28,33,40-43,47-50,59-64,66-69H,8,12,15-16,19,24-26,29-32H2,1-7H3,(H-,55,56,70,71);7-9,11-12,15-16,18-21,25-26,31,38-41,45-48,57-62,65-68H,10,13-14,17,22-24,27-30H2,1-6H3,(H2-,53,54,63,64,69,70);2*1H4;;1H2/q;;;;+1;/p+1. The maximum Gasteiger partial charge on any atom is 1.00 e. The molecule has 4 amide bonds. The van der Waals surface area contributed by atoms with E-state index in [4.69, 9.17) is 30.3 Å². The second kappa shape index (κ2) is 61.1. The number of rotatable bonds is 55. The van der Waals surface area contributed by atoms with Crippen LogP contribution in [0.25, 0.3) is 0 Å². The van der Waals surface area contributed by atoms with Crippen LogP contribution in [0, 0.1) is 11.8 Å². The summed E-state index contributed by atoms with van der Waals surface area (Å²) < 4.78 is 9.48. The van der Waals surface area contributed by atoms with Crippen LogP contribution >= 0.6 is 0 Å².